The van der Waals surface area contributed by atoms with E-state index in [-0.39, 0.29) is 17.9 Å². The summed E-state index contributed by atoms with van der Waals surface area (Å²) in [5, 5.41) is 11.8. The predicted molar refractivity (Wildman–Crippen MR) is 68.4 cm³/mol. The normalized spacial score (nSPS) is 10.7. The third kappa shape index (κ3) is 4.01. The number of phenolic OH excluding ortho intramolecular Hbond substituents is 1. The molecule has 0 bridgehead atoms. The Morgan fingerprint density at radius 2 is 1.62 bits per heavy atom. The van der Waals surface area contributed by atoms with Gasteiger partial charge in [0, 0.05) is 12.2 Å². The Morgan fingerprint density at radius 1 is 1.05 bits per heavy atom. The Balaban J connectivity index is 2.00. The molecule has 0 saturated carbocycles. The number of benzene rings is 2. The van der Waals surface area contributed by atoms with Crippen molar-refractivity contribution in [2.75, 3.05) is 5.32 Å². The van der Waals surface area contributed by atoms with Gasteiger partial charge in [0.15, 0.2) is 17.4 Å². The van der Waals surface area contributed by atoms with Crippen molar-refractivity contribution in [3.05, 3.63) is 53.6 Å². The van der Waals surface area contributed by atoms with Crippen molar-refractivity contribution in [3.8, 4) is 11.5 Å². The molecular formula is C14H11F4NO2. The first kappa shape index (κ1) is 15.0. The lowest BCUT2D eigenvalue weighted by Gasteiger charge is -2.09. The molecule has 0 spiro atoms. The number of nitrogens with one attached hydrogen (secondary N) is 1. The highest BCUT2D eigenvalue weighted by Gasteiger charge is 2.09. The SMILES string of the molecule is Oc1c(F)cc(CNc2ccc(OC(F)F)cc2)cc1F. The fourth-order valence-corrected chi connectivity index (χ4v) is 1.68. The van der Waals surface area contributed by atoms with Gasteiger partial charge in [-0.2, -0.15) is 8.78 Å². The standard InChI is InChI=1S/C14H11F4NO2/c15-11-5-8(6-12(16)13(11)20)7-19-9-1-3-10(4-2-9)21-14(17)18/h1-6,14,19-20H,7H2. The van der Waals surface area contributed by atoms with E-state index >= 15 is 0 Å². The zero-order valence-electron chi connectivity index (χ0n) is 10.6. The van der Waals surface area contributed by atoms with Crippen molar-refractivity contribution >= 4 is 5.69 Å². The fraction of sp³-hybridized carbons (Fsp3) is 0.143. The average Bonchev–Trinajstić information content (AvgIpc) is 2.43. The van der Waals surface area contributed by atoms with Crippen LogP contribution in [0, 0.1) is 11.6 Å². The van der Waals surface area contributed by atoms with Gasteiger partial charge < -0.3 is 15.2 Å². The van der Waals surface area contributed by atoms with E-state index in [1.54, 1.807) is 0 Å². The van der Waals surface area contributed by atoms with Crippen LogP contribution in [0.4, 0.5) is 23.2 Å². The molecule has 0 heterocycles. The number of ether oxygens (including phenoxy) is 1. The quantitative estimate of drug-likeness (QED) is 0.823. The van der Waals surface area contributed by atoms with Crippen LogP contribution in [0.3, 0.4) is 0 Å². The van der Waals surface area contributed by atoms with E-state index in [2.05, 4.69) is 10.1 Å². The summed E-state index contributed by atoms with van der Waals surface area (Å²) in [4.78, 5) is 0. The molecule has 0 atom stereocenters. The van der Waals surface area contributed by atoms with Crippen LogP contribution >= 0.6 is 0 Å². The topological polar surface area (TPSA) is 41.5 Å². The fourth-order valence-electron chi connectivity index (χ4n) is 1.68. The van der Waals surface area contributed by atoms with Crippen LogP contribution in [-0.4, -0.2) is 11.7 Å². The van der Waals surface area contributed by atoms with E-state index < -0.39 is 24.0 Å². The van der Waals surface area contributed by atoms with Crippen LogP contribution in [0.15, 0.2) is 36.4 Å². The number of aromatic hydroxyl groups is 1. The van der Waals surface area contributed by atoms with Crippen LogP contribution in [0.5, 0.6) is 11.5 Å². The molecule has 0 radical (unpaired) electrons. The van der Waals surface area contributed by atoms with E-state index in [0.717, 1.165) is 12.1 Å². The summed E-state index contributed by atoms with van der Waals surface area (Å²) in [6.07, 6.45) is 0. The number of halogens is 4. The van der Waals surface area contributed by atoms with Gasteiger partial charge >= 0.3 is 6.61 Å². The Hall–Kier alpha value is -2.44. The first-order chi connectivity index (χ1) is 9.95. The van der Waals surface area contributed by atoms with Crippen molar-refractivity contribution in [2.24, 2.45) is 0 Å². The number of anilines is 1. The number of alkyl halides is 2. The lowest BCUT2D eigenvalue weighted by molar-refractivity contribution is -0.0498. The first-order valence-electron chi connectivity index (χ1n) is 5.91. The monoisotopic (exact) mass is 301 g/mol. The van der Waals surface area contributed by atoms with Gasteiger partial charge in [0.25, 0.3) is 0 Å². The maximum Gasteiger partial charge on any atom is 0.387 e. The molecule has 7 heteroatoms. The lowest BCUT2D eigenvalue weighted by atomic mass is 10.2. The molecule has 2 aromatic carbocycles. The van der Waals surface area contributed by atoms with Crippen molar-refractivity contribution < 1.29 is 27.4 Å². The maximum atomic E-state index is 13.1. The van der Waals surface area contributed by atoms with Gasteiger partial charge in [0.1, 0.15) is 5.75 Å². The van der Waals surface area contributed by atoms with E-state index in [9.17, 15) is 17.6 Å². The summed E-state index contributed by atoms with van der Waals surface area (Å²) in [6.45, 7) is -2.80. The van der Waals surface area contributed by atoms with E-state index in [1.807, 2.05) is 0 Å². The number of rotatable bonds is 5. The summed E-state index contributed by atoms with van der Waals surface area (Å²) >= 11 is 0. The molecule has 0 aliphatic carbocycles. The minimum atomic E-state index is -2.90. The van der Waals surface area contributed by atoms with Crippen molar-refractivity contribution in [1.29, 1.82) is 0 Å². The zero-order chi connectivity index (χ0) is 15.4. The second-order valence-corrected chi connectivity index (χ2v) is 4.16. The third-order valence-electron chi connectivity index (χ3n) is 2.65. The molecule has 0 aromatic heterocycles. The minimum absolute atomic E-state index is 0.0114. The third-order valence-corrected chi connectivity index (χ3v) is 2.65. The van der Waals surface area contributed by atoms with E-state index in [1.165, 1.54) is 24.3 Å². The minimum Gasteiger partial charge on any atom is -0.503 e. The largest absolute Gasteiger partial charge is 0.503 e. The molecule has 0 amide bonds. The number of hydrogen-bond acceptors (Lipinski definition) is 3. The second-order valence-electron chi connectivity index (χ2n) is 4.16. The Labute approximate surface area is 117 Å². The summed E-state index contributed by atoms with van der Waals surface area (Å²) in [5.74, 6) is -3.11. The molecule has 2 aromatic rings. The Bertz CT molecular complexity index is 594. The van der Waals surface area contributed by atoms with Crippen LogP contribution in [0.25, 0.3) is 0 Å². The summed E-state index contributed by atoms with van der Waals surface area (Å²) < 4.78 is 54.4. The van der Waals surface area contributed by atoms with Gasteiger partial charge in [0.2, 0.25) is 0 Å². The van der Waals surface area contributed by atoms with Crippen molar-refractivity contribution in [1.82, 2.24) is 0 Å². The van der Waals surface area contributed by atoms with Gasteiger partial charge in [-0.05, 0) is 42.0 Å². The predicted octanol–water partition coefficient (Wildman–Crippen LogP) is 3.88. The van der Waals surface area contributed by atoms with Gasteiger partial charge in [0.05, 0.1) is 0 Å². The number of hydrogen-bond donors (Lipinski definition) is 2. The van der Waals surface area contributed by atoms with Gasteiger partial charge in [-0.25, -0.2) is 8.78 Å². The summed E-state index contributed by atoms with van der Waals surface area (Å²) in [7, 11) is 0. The van der Waals surface area contributed by atoms with E-state index in [4.69, 9.17) is 5.11 Å². The molecule has 0 aliphatic heterocycles. The lowest BCUT2D eigenvalue weighted by Crippen LogP contribution is -2.03. The molecule has 2 rings (SSSR count). The molecule has 2 N–H and O–H groups in total. The van der Waals surface area contributed by atoms with Crippen LogP contribution < -0.4 is 10.1 Å². The van der Waals surface area contributed by atoms with Gasteiger partial charge in [-0.1, -0.05) is 0 Å². The molecule has 112 valence electrons. The second kappa shape index (κ2) is 6.34. The molecule has 0 fully saturated rings. The highest BCUT2D eigenvalue weighted by Crippen LogP contribution is 2.22. The van der Waals surface area contributed by atoms with Gasteiger partial charge in [-0.3, -0.25) is 0 Å². The van der Waals surface area contributed by atoms with E-state index in [0.29, 0.717) is 5.69 Å². The Morgan fingerprint density at radius 3 is 2.14 bits per heavy atom. The summed E-state index contributed by atoms with van der Waals surface area (Å²) in [6, 6.07) is 7.66. The highest BCUT2D eigenvalue weighted by molar-refractivity contribution is 5.47. The van der Waals surface area contributed by atoms with Gasteiger partial charge in [-0.15, -0.1) is 0 Å². The van der Waals surface area contributed by atoms with Crippen molar-refractivity contribution in [2.45, 2.75) is 13.2 Å². The molecule has 0 unspecified atom stereocenters. The first-order valence-corrected chi connectivity index (χ1v) is 5.91. The maximum absolute atomic E-state index is 13.1. The molecule has 21 heavy (non-hydrogen) atoms. The Kier molecular flexibility index (Phi) is 4.52. The zero-order valence-corrected chi connectivity index (χ0v) is 10.6. The van der Waals surface area contributed by atoms with Crippen LogP contribution in [0.2, 0.25) is 0 Å². The molecule has 0 aliphatic rings. The summed E-state index contributed by atoms with van der Waals surface area (Å²) in [5.41, 5.74) is 0.848. The highest BCUT2D eigenvalue weighted by atomic mass is 19.3. The molecular weight excluding hydrogens is 290 g/mol. The number of phenols is 1. The molecule has 3 nitrogen and oxygen atoms in total. The smallest absolute Gasteiger partial charge is 0.387 e. The van der Waals surface area contributed by atoms with Crippen LogP contribution in [0.1, 0.15) is 5.56 Å². The van der Waals surface area contributed by atoms with Crippen molar-refractivity contribution in [3.63, 3.8) is 0 Å². The average molecular weight is 301 g/mol. The molecule has 0 saturated heterocycles. The van der Waals surface area contributed by atoms with Crippen LogP contribution in [-0.2, 0) is 6.54 Å².